The molecule has 0 radical (unpaired) electrons. The normalized spacial score (nSPS) is 33.4. The molecule has 94 valence electrons. The lowest BCUT2D eigenvalue weighted by molar-refractivity contribution is -0.140. The van der Waals surface area contributed by atoms with Crippen molar-refractivity contribution in [3.63, 3.8) is 0 Å². The van der Waals surface area contributed by atoms with Crippen LogP contribution in [0.3, 0.4) is 0 Å². The van der Waals surface area contributed by atoms with Crippen LogP contribution in [-0.4, -0.2) is 25.3 Å². The Balaban J connectivity index is 2.02. The van der Waals surface area contributed by atoms with Crippen molar-refractivity contribution in [2.24, 2.45) is 5.41 Å². The molecule has 2 rings (SSSR count). The fourth-order valence-electron chi connectivity index (χ4n) is 3.77. The molecule has 0 heterocycles. The average Bonchev–Trinajstić information content (AvgIpc) is 2.55. The predicted molar refractivity (Wildman–Crippen MR) is 67.6 cm³/mol. The zero-order chi connectivity index (χ0) is 11.4. The Labute approximate surface area is 100 Å². The largest absolute Gasteiger partial charge is 0.378 e. The molecule has 0 aliphatic heterocycles. The molecular weight excluding hydrogens is 198 g/mol. The van der Waals surface area contributed by atoms with E-state index in [1.54, 1.807) is 0 Å². The molecule has 2 saturated carbocycles. The lowest BCUT2D eigenvalue weighted by Gasteiger charge is -2.56. The van der Waals surface area contributed by atoms with E-state index in [4.69, 9.17) is 4.74 Å². The fourth-order valence-corrected chi connectivity index (χ4v) is 3.77. The van der Waals surface area contributed by atoms with Crippen molar-refractivity contribution in [1.82, 2.24) is 5.32 Å². The van der Waals surface area contributed by atoms with Crippen LogP contribution in [-0.2, 0) is 4.74 Å². The van der Waals surface area contributed by atoms with Gasteiger partial charge in [-0.2, -0.15) is 0 Å². The summed E-state index contributed by atoms with van der Waals surface area (Å²) in [7, 11) is 0. The molecule has 1 spiro atoms. The quantitative estimate of drug-likeness (QED) is 0.794. The number of ether oxygens (including phenoxy) is 1. The van der Waals surface area contributed by atoms with E-state index in [0.717, 1.165) is 19.2 Å². The molecule has 1 N–H and O–H groups in total. The number of nitrogens with one attached hydrogen (secondary N) is 1. The van der Waals surface area contributed by atoms with Gasteiger partial charge in [-0.3, -0.25) is 0 Å². The number of rotatable bonds is 4. The second kappa shape index (κ2) is 5.50. The lowest BCUT2D eigenvalue weighted by atomic mass is 9.57. The zero-order valence-corrected chi connectivity index (χ0v) is 10.9. The van der Waals surface area contributed by atoms with Gasteiger partial charge in [-0.1, -0.05) is 32.6 Å². The van der Waals surface area contributed by atoms with Crippen LogP contribution in [0.25, 0.3) is 0 Å². The third-order valence-corrected chi connectivity index (χ3v) is 4.64. The highest BCUT2D eigenvalue weighted by molar-refractivity contribution is 5.08. The second-order valence-electron chi connectivity index (χ2n) is 5.44. The summed E-state index contributed by atoms with van der Waals surface area (Å²) in [4.78, 5) is 0. The first-order valence-electron chi connectivity index (χ1n) is 7.18. The van der Waals surface area contributed by atoms with Crippen molar-refractivity contribution < 1.29 is 4.74 Å². The van der Waals surface area contributed by atoms with Crippen LogP contribution >= 0.6 is 0 Å². The predicted octanol–water partition coefficient (Wildman–Crippen LogP) is 3.11. The average molecular weight is 225 g/mol. The molecule has 2 fully saturated rings. The first-order valence-corrected chi connectivity index (χ1v) is 7.18. The van der Waals surface area contributed by atoms with Crippen molar-refractivity contribution >= 4 is 0 Å². The van der Waals surface area contributed by atoms with E-state index >= 15 is 0 Å². The molecule has 16 heavy (non-hydrogen) atoms. The molecule has 0 amide bonds. The van der Waals surface area contributed by atoms with Crippen molar-refractivity contribution in [2.75, 3.05) is 13.2 Å². The van der Waals surface area contributed by atoms with Gasteiger partial charge < -0.3 is 10.1 Å². The van der Waals surface area contributed by atoms with Crippen LogP contribution in [0.15, 0.2) is 0 Å². The highest BCUT2D eigenvalue weighted by atomic mass is 16.5. The zero-order valence-electron chi connectivity index (χ0n) is 10.9. The summed E-state index contributed by atoms with van der Waals surface area (Å²) < 4.78 is 5.96. The summed E-state index contributed by atoms with van der Waals surface area (Å²) in [5.41, 5.74) is 0.489. The summed E-state index contributed by atoms with van der Waals surface area (Å²) in [6, 6.07) is 0.729. The van der Waals surface area contributed by atoms with Gasteiger partial charge in [0, 0.05) is 18.1 Å². The molecule has 0 bridgehead atoms. The Kier molecular flexibility index (Phi) is 4.26. The molecule has 2 heteroatoms. The van der Waals surface area contributed by atoms with E-state index in [1.165, 1.54) is 44.9 Å². The van der Waals surface area contributed by atoms with Crippen LogP contribution < -0.4 is 5.32 Å². The minimum absolute atomic E-state index is 0.489. The van der Waals surface area contributed by atoms with Gasteiger partial charge in [0.1, 0.15) is 0 Å². The summed E-state index contributed by atoms with van der Waals surface area (Å²) in [6.45, 7) is 6.33. The van der Waals surface area contributed by atoms with Gasteiger partial charge in [0.2, 0.25) is 0 Å². The van der Waals surface area contributed by atoms with Crippen molar-refractivity contribution in [2.45, 2.75) is 70.9 Å². The minimum Gasteiger partial charge on any atom is -0.378 e. The van der Waals surface area contributed by atoms with Gasteiger partial charge in [0.25, 0.3) is 0 Å². The minimum atomic E-state index is 0.489. The molecule has 2 aliphatic rings. The molecular formula is C14H27NO. The Morgan fingerprint density at radius 2 is 1.81 bits per heavy atom. The smallest absolute Gasteiger partial charge is 0.0661 e. The van der Waals surface area contributed by atoms with E-state index in [9.17, 15) is 0 Å². The molecule has 0 aromatic carbocycles. The van der Waals surface area contributed by atoms with E-state index in [0.29, 0.717) is 11.5 Å². The van der Waals surface area contributed by atoms with Crippen LogP contribution in [0, 0.1) is 5.41 Å². The van der Waals surface area contributed by atoms with Crippen molar-refractivity contribution in [1.29, 1.82) is 0 Å². The van der Waals surface area contributed by atoms with Gasteiger partial charge in [-0.15, -0.1) is 0 Å². The van der Waals surface area contributed by atoms with Gasteiger partial charge in [0.05, 0.1) is 6.10 Å². The second-order valence-corrected chi connectivity index (χ2v) is 5.44. The third kappa shape index (κ3) is 2.14. The monoisotopic (exact) mass is 225 g/mol. The standard InChI is InChI=1S/C14H27NO/c1-3-15-12-11-13(16-4-2)14(12)9-7-5-6-8-10-14/h12-13,15H,3-11H2,1-2H3. The SMILES string of the molecule is CCNC1CC(OCC)C12CCCCCC2. The Morgan fingerprint density at radius 3 is 2.38 bits per heavy atom. The first-order chi connectivity index (χ1) is 7.83. The third-order valence-electron chi connectivity index (χ3n) is 4.64. The maximum Gasteiger partial charge on any atom is 0.0661 e. The summed E-state index contributed by atoms with van der Waals surface area (Å²) in [5.74, 6) is 0. The highest BCUT2D eigenvalue weighted by Crippen LogP contribution is 2.52. The Hall–Kier alpha value is -0.0800. The van der Waals surface area contributed by atoms with E-state index in [-0.39, 0.29) is 0 Å². The van der Waals surface area contributed by atoms with Crippen LogP contribution in [0.2, 0.25) is 0 Å². The molecule has 2 atom stereocenters. The molecule has 2 aliphatic carbocycles. The van der Waals surface area contributed by atoms with Gasteiger partial charge >= 0.3 is 0 Å². The highest BCUT2D eigenvalue weighted by Gasteiger charge is 2.54. The Morgan fingerprint density at radius 1 is 1.12 bits per heavy atom. The van der Waals surface area contributed by atoms with Gasteiger partial charge in [-0.05, 0) is 32.7 Å². The van der Waals surface area contributed by atoms with Gasteiger partial charge in [0.15, 0.2) is 0 Å². The molecule has 0 aromatic heterocycles. The maximum atomic E-state index is 5.96. The molecule has 2 nitrogen and oxygen atoms in total. The Bertz CT molecular complexity index is 195. The van der Waals surface area contributed by atoms with E-state index in [2.05, 4.69) is 19.2 Å². The van der Waals surface area contributed by atoms with E-state index in [1.807, 2.05) is 0 Å². The number of hydrogen-bond donors (Lipinski definition) is 1. The summed E-state index contributed by atoms with van der Waals surface area (Å²) in [6.07, 6.45) is 10.2. The van der Waals surface area contributed by atoms with Crippen LogP contribution in [0.1, 0.15) is 58.8 Å². The van der Waals surface area contributed by atoms with Crippen LogP contribution in [0.5, 0.6) is 0 Å². The first kappa shape index (κ1) is 12.4. The summed E-state index contributed by atoms with van der Waals surface area (Å²) in [5, 5.41) is 3.68. The molecule has 0 saturated heterocycles. The fraction of sp³-hybridized carbons (Fsp3) is 1.00. The number of hydrogen-bond acceptors (Lipinski definition) is 2. The molecule has 2 unspecified atom stereocenters. The summed E-state index contributed by atoms with van der Waals surface area (Å²) >= 11 is 0. The van der Waals surface area contributed by atoms with E-state index < -0.39 is 0 Å². The molecule has 0 aromatic rings. The lowest BCUT2D eigenvalue weighted by Crippen LogP contribution is -2.63. The van der Waals surface area contributed by atoms with Crippen LogP contribution in [0.4, 0.5) is 0 Å². The topological polar surface area (TPSA) is 21.3 Å². The van der Waals surface area contributed by atoms with Gasteiger partial charge in [-0.25, -0.2) is 0 Å². The van der Waals surface area contributed by atoms with Crippen molar-refractivity contribution in [3.8, 4) is 0 Å². The van der Waals surface area contributed by atoms with Crippen molar-refractivity contribution in [3.05, 3.63) is 0 Å². The maximum absolute atomic E-state index is 5.96.